The fraction of sp³-hybridized carbons (Fsp3) is 0.429. The highest BCUT2D eigenvalue weighted by Crippen LogP contribution is 2.10. The van der Waals surface area contributed by atoms with Crippen LogP contribution in [0.1, 0.15) is 19.4 Å². The highest BCUT2D eigenvalue weighted by Gasteiger charge is 2.06. The molecule has 1 aromatic heterocycles. The van der Waals surface area contributed by atoms with Crippen LogP contribution in [-0.4, -0.2) is 9.78 Å². The van der Waals surface area contributed by atoms with Gasteiger partial charge in [-0.1, -0.05) is 6.92 Å². The Hall–Kier alpha value is -1.50. The average Bonchev–Trinajstić information content (AvgIpc) is 2.39. The number of nitrogen functional groups attached to an aromatic ring is 1. The third-order valence-corrected chi connectivity index (χ3v) is 1.48. The quantitative estimate of drug-likeness (QED) is 0.682. The zero-order chi connectivity index (χ0) is 8.27. The molecule has 4 heteroatoms. The van der Waals surface area contributed by atoms with Gasteiger partial charge in [0.25, 0.3) is 0 Å². The number of anilines is 1. The lowest BCUT2D eigenvalue weighted by Gasteiger charge is -2.04. The highest BCUT2D eigenvalue weighted by atomic mass is 15.3. The fourth-order valence-corrected chi connectivity index (χ4v) is 0.861. The van der Waals surface area contributed by atoms with Gasteiger partial charge in [0.05, 0.1) is 18.0 Å². The summed E-state index contributed by atoms with van der Waals surface area (Å²) in [7, 11) is 0. The first kappa shape index (κ1) is 7.61. The molecule has 0 spiro atoms. The molecule has 0 aliphatic rings. The van der Waals surface area contributed by atoms with Gasteiger partial charge in [-0.3, -0.25) is 4.68 Å². The predicted octanol–water partition coefficient (Wildman–Crippen LogP) is 0.940. The molecule has 0 fully saturated rings. The van der Waals surface area contributed by atoms with E-state index < -0.39 is 0 Å². The lowest BCUT2D eigenvalue weighted by atomic mass is 10.3. The van der Waals surface area contributed by atoms with Crippen molar-refractivity contribution in [2.24, 2.45) is 0 Å². The van der Waals surface area contributed by atoms with Crippen molar-refractivity contribution >= 4 is 5.69 Å². The maximum atomic E-state index is 8.64. The van der Waals surface area contributed by atoms with Gasteiger partial charge in [0.1, 0.15) is 6.04 Å². The lowest BCUT2D eigenvalue weighted by molar-refractivity contribution is 0.535. The summed E-state index contributed by atoms with van der Waals surface area (Å²) in [6.45, 7) is 1.94. The molecule has 0 bridgehead atoms. The molecule has 1 atom stereocenters. The average molecular weight is 150 g/mol. The smallest absolute Gasteiger partial charge is 0.138 e. The van der Waals surface area contributed by atoms with Crippen molar-refractivity contribution in [3.63, 3.8) is 0 Å². The van der Waals surface area contributed by atoms with Gasteiger partial charge >= 0.3 is 0 Å². The molecule has 0 amide bonds. The van der Waals surface area contributed by atoms with Crippen molar-refractivity contribution in [3.05, 3.63) is 12.4 Å². The zero-order valence-electron chi connectivity index (χ0n) is 6.36. The maximum Gasteiger partial charge on any atom is 0.138 e. The second-order valence-electron chi connectivity index (χ2n) is 2.31. The molecule has 1 heterocycles. The van der Waals surface area contributed by atoms with Crippen LogP contribution in [0.15, 0.2) is 12.4 Å². The van der Waals surface area contributed by atoms with Crippen LogP contribution in [0.4, 0.5) is 5.69 Å². The van der Waals surface area contributed by atoms with Crippen LogP contribution in [0.5, 0.6) is 0 Å². The molecule has 0 saturated heterocycles. The molecular weight excluding hydrogens is 140 g/mol. The van der Waals surface area contributed by atoms with Crippen molar-refractivity contribution < 1.29 is 0 Å². The number of nitrogens with two attached hydrogens (primary N) is 1. The SMILES string of the molecule is CCC(C#N)n1cc(N)cn1. The van der Waals surface area contributed by atoms with Crippen molar-refractivity contribution in [1.82, 2.24) is 9.78 Å². The largest absolute Gasteiger partial charge is 0.396 e. The number of hydrogen-bond donors (Lipinski definition) is 1. The third-order valence-electron chi connectivity index (χ3n) is 1.48. The minimum absolute atomic E-state index is 0.188. The van der Waals surface area contributed by atoms with Gasteiger partial charge in [-0.15, -0.1) is 0 Å². The molecule has 0 aromatic carbocycles. The minimum atomic E-state index is -0.188. The summed E-state index contributed by atoms with van der Waals surface area (Å²) in [6.07, 6.45) is 3.95. The van der Waals surface area contributed by atoms with Crippen molar-refractivity contribution in [2.75, 3.05) is 5.73 Å². The Kier molecular flexibility index (Phi) is 2.12. The van der Waals surface area contributed by atoms with E-state index in [9.17, 15) is 0 Å². The van der Waals surface area contributed by atoms with Gasteiger partial charge in [-0.05, 0) is 6.42 Å². The van der Waals surface area contributed by atoms with E-state index in [1.165, 1.54) is 0 Å². The minimum Gasteiger partial charge on any atom is -0.396 e. The molecule has 58 valence electrons. The molecule has 2 N–H and O–H groups in total. The Morgan fingerprint density at radius 2 is 2.64 bits per heavy atom. The van der Waals surface area contributed by atoms with Gasteiger partial charge in [-0.25, -0.2) is 0 Å². The van der Waals surface area contributed by atoms with E-state index in [-0.39, 0.29) is 6.04 Å². The Balaban J connectivity index is 2.84. The summed E-state index contributed by atoms with van der Waals surface area (Å²) >= 11 is 0. The number of nitrogens with zero attached hydrogens (tertiary/aromatic N) is 3. The molecule has 1 unspecified atom stereocenters. The number of rotatable bonds is 2. The van der Waals surface area contributed by atoms with Gasteiger partial charge in [0, 0.05) is 6.20 Å². The highest BCUT2D eigenvalue weighted by molar-refractivity contribution is 5.30. The van der Waals surface area contributed by atoms with E-state index in [2.05, 4.69) is 11.2 Å². The molecule has 0 radical (unpaired) electrons. The first-order valence-electron chi connectivity index (χ1n) is 3.47. The Morgan fingerprint density at radius 3 is 3.00 bits per heavy atom. The first-order chi connectivity index (χ1) is 5.27. The summed E-state index contributed by atoms with van der Waals surface area (Å²) < 4.78 is 1.58. The molecule has 0 aliphatic heterocycles. The van der Waals surface area contributed by atoms with Crippen LogP contribution in [0, 0.1) is 11.3 Å². The normalized spacial score (nSPS) is 12.4. The lowest BCUT2D eigenvalue weighted by Crippen LogP contribution is -2.05. The van der Waals surface area contributed by atoms with Crippen LogP contribution in [0.3, 0.4) is 0 Å². The summed E-state index contributed by atoms with van der Waals surface area (Å²) in [5.74, 6) is 0. The van der Waals surface area contributed by atoms with Crippen LogP contribution in [0.25, 0.3) is 0 Å². The zero-order valence-corrected chi connectivity index (χ0v) is 6.36. The van der Waals surface area contributed by atoms with Crippen LogP contribution in [-0.2, 0) is 0 Å². The second-order valence-corrected chi connectivity index (χ2v) is 2.31. The topological polar surface area (TPSA) is 67.6 Å². The van der Waals surface area contributed by atoms with E-state index in [1.54, 1.807) is 17.1 Å². The van der Waals surface area contributed by atoms with E-state index in [4.69, 9.17) is 11.0 Å². The van der Waals surface area contributed by atoms with Crippen molar-refractivity contribution in [3.8, 4) is 6.07 Å². The molecular formula is C7H10N4. The van der Waals surface area contributed by atoms with Crippen LogP contribution in [0.2, 0.25) is 0 Å². The number of hydrogen-bond acceptors (Lipinski definition) is 3. The summed E-state index contributed by atoms with van der Waals surface area (Å²) in [6, 6.07) is 1.94. The summed E-state index contributed by atoms with van der Waals surface area (Å²) in [5.41, 5.74) is 6.03. The first-order valence-corrected chi connectivity index (χ1v) is 3.47. The molecule has 0 aliphatic carbocycles. The van der Waals surface area contributed by atoms with E-state index in [1.807, 2.05) is 6.92 Å². The summed E-state index contributed by atoms with van der Waals surface area (Å²) in [5, 5.41) is 12.6. The molecule has 11 heavy (non-hydrogen) atoms. The van der Waals surface area contributed by atoms with Gasteiger partial charge in [0.2, 0.25) is 0 Å². The fourth-order valence-electron chi connectivity index (χ4n) is 0.861. The van der Waals surface area contributed by atoms with Gasteiger partial charge in [0.15, 0.2) is 0 Å². The Morgan fingerprint density at radius 1 is 1.91 bits per heavy atom. The molecule has 0 saturated carbocycles. The van der Waals surface area contributed by atoms with E-state index >= 15 is 0 Å². The number of nitriles is 1. The summed E-state index contributed by atoms with van der Waals surface area (Å²) in [4.78, 5) is 0. The molecule has 1 rings (SSSR count). The van der Waals surface area contributed by atoms with Crippen LogP contribution >= 0.6 is 0 Å². The maximum absolute atomic E-state index is 8.64. The third kappa shape index (κ3) is 1.49. The monoisotopic (exact) mass is 150 g/mol. The standard InChI is InChI=1S/C7H10N4/c1-2-7(3-8)11-5-6(9)4-10-11/h4-5,7H,2,9H2,1H3. The van der Waals surface area contributed by atoms with Gasteiger partial charge in [-0.2, -0.15) is 10.4 Å². The molecule has 1 aromatic rings. The van der Waals surface area contributed by atoms with Gasteiger partial charge < -0.3 is 5.73 Å². The second kappa shape index (κ2) is 3.06. The van der Waals surface area contributed by atoms with E-state index in [0.29, 0.717) is 5.69 Å². The van der Waals surface area contributed by atoms with Crippen LogP contribution < -0.4 is 5.73 Å². The Labute approximate surface area is 65.2 Å². The van der Waals surface area contributed by atoms with E-state index in [0.717, 1.165) is 6.42 Å². The van der Waals surface area contributed by atoms with Crippen molar-refractivity contribution in [2.45, 2.75) is 19.4 Å². The molecule has 4 nitrogen and oxygen atoms in total. The Bertz CT molecular complexity index is 270. The number of aromatic nitrogens is 2. The van der Waals surface area contributed by atoms with Crippen molar-refractivity contribution in [1.29, 1.82) is 5.26 Å². The predicted molar refractivity (Wildman–Crippen MR) is 41.6 cm³/mol.